The number of carbonyl (C=O) groups excluding carboxylic acids is 9. The molecule has 0 bridgehead atoms. The predicted molar refractivity (Wildman–Crippen MR) is 319 cm³/mol. The molecule has 2 aromatic heterocycles. The minimum Gasteiger partial charge on any atom is -0.506 e. The molecule has 474 valence electrons. The zero-order valence-electron chi connectivity index (χ0n) is 52.3. The quantitative estimate of drug-likeness (QED) is 0.00991. The third-order valence-corrected chi connectivity index (χ3v) is 14.4. The van der Waals surface area contributed by atoms with Gasteiger partial charge in [0.05, 0.1) is 24.0 Å². The van der Waals surface area contributed by atoms with Crippen LogP contribution in [0.25, 0.3) is 0 Å². The number of aromatic amines is 1. The highest BCUT2D eigenvalue weighted by atomic mass is 16.4. The summed E-state index contributed by atoms with van der Waals surface area (Å²) in [6.45, 7) is 4.97. The molecule has 5 rings (SSSR count). The number of rotatable bonds is 32. The molecule has 0 aliphatic carbocycles. The third kappa shape index (κ3) is 20.9. The summed E-state index contributed by atoms with van der Waals surface area (Å²) in [6.07, 6.45) is 2.90. The molecule has 3 heterocycles. The van der Waals surface area contributed by atoms with Crippen LogP contribution in [0.2, 0.25) is 0 Å². The number of amides is 9. The monoisotopic (exact) mass is 1230 g/mol. The maximum atomic E-state index is 15.1. The number of nitrogens with one attached hydrogen (secondary N) is 9. The van der Waals surface area contributed by atoms with E-state index >= 15 is 4.79 Å². The maximum absolute atomic E-state index is 15.1. The summed E-state index contributed by atoms with van der Waals surface area (Å²) in [7, 11) is 0. The molecule has 1 saturated heterocycles. The van der Waals surface area contributed by atoms with Crippen molar-refractivity contribution in [2.24, 2.45) is 28.3 Å². The van der Waals surface area contributed by atoms with E-state index in [9.17, 15) is 63.3 Å². The number of hydrogen-bond donors (Lipinski definition) is 14. The molecule has 9 atom stereocenters. The van der Waals surface area contributed by atoms with E-state index in [4.69, 9.17) is 15.6 Å². The van der Waals surface area contributed by atoms with Crippen LogP contribution in [0, 0.1) is 18.7 Å². The molecule has 29 heteroatoms. The molecule has 0 saturated carbocycles. The lowest BCUT2D eigenvalue weighted by Gasteiger charge is -2.32. The van der Waals surface area contributed by atoms with Crippen LogP contribution in [0.5, 0.6) is 5.75 Å². The number of hydrogen-bond acceptors (Lipinski definition) is 15. The van der Waals surface area contributed by atoms with Gasteiger partial charge in [0.15, 0.2) is 5.96 Å². The van der Waals surface area contributed by atoms with E-state index in [1.807, 2.05) is 0 Å². The fourth-order valence-electron chi connectivity index (χ4n) is 9.56. The summed E-state index contributed by atoms with van der Waals surface area (Å²) in [5, 5.41) is 51.1. The Morgan fingerprint density at radius 2 is 1.41 bits per heavy atom. The lowest BCUT2D eigenvalue weighted by atomic mass is 9.96. The van der Waals surface area contributed by atoms with Crippen LogP contribution in [-0.4, -0.2) is 168 Å². The van der Waals surface area contributed by atoms with Crippen molar-refractivity contribution in [3.8, 4) is 5.75 Å². The number of nitrogens with two attached hydrogens (primary N) is 2. The highest BCUT2D eigenvalue weighted by molar-refractivity contribution is 6.05. The molecular formula is C59H79N15O14. The zero-order chi connectivity index (χ0) is 67.3. The first-order valence-corrected chi connectivity index (χ1v) is 28.5. The van der Waals surface area contributed by atoms with Gasteiger partial charge in [-0.05, 0) is 79.8 Å². The number of pyridine rings is 1. The average molecular weight is 1230 g/mol. The molecule has 1 aliphatic rings. The van der Waals surface area contributed by atoms with Gasteiger partial charge in [-0.25, -0.2) is 9.78 Å². The summed E-state index contributed by atoms with van der Waals surface area (Å²) in [4.78, 5) is 167. The summed E-state index contributed by atoms with van der Waals surface area (Å²) >= 11 is 0. The number of benzene rings is 2. The van der Waals surface area contributed by atoms with E-state index in [1.165, 1.54) is 41.7 Å². The summed E-state index contributed by atoms with van der Waals surface area (Å²) in [6, 6.07) is 3.13. The highest BCUT2D eigenvalue weighted by Crippen LogP contribution is 2.27. The molecular weight excluding hydrogens is 1140 g/mol. The molecule has 4 aromatic rings. The van der Waals surface area contributed by atoms with E-state index in [0.29, 0.717) is 17.7 Å². The number of phenolic OH excluding ortho intramolecular Hbond substituents is 1. The Morgan fingerprint density at radius 3 is 2.02 bits per heavy atom. The van der Waals surface area contributed by atoms with E-state index in [-0.39, 0.29) is 80.1 Å². The summed E-state index contributed by atoms with van der Waals surface area (Å²) < 4.78 is 22.9. The Morgan fingerprint density at radius 1 is 0.750 bits per heavy atom. The fourth-order valence-corrected chi connectivity index (χ4v) is 9.56. The van der Waals surface area contributed by atoms with Crippen molar-refractivity contribution < 1.29 is 72.2 Å². The number of guanidine groups is 1. The number of anilines is 1. The van der Waals surface area contributed by atoms with E-state index < -0.39 is 151 Å². The van der Waals surface area contributed by atoms with Gasteiger partial charge in [0, 0.05) is 67.2 Å². The standard InChI is InChI=1S/C59H79N15O14/c1-7-32(4)49(56(85)70-43(26-38-29-62-30-65-38)57(86)74-22-12-16-45(74)54(83)71-44(58(87)88)23-35-13-9-8-10-14-35)73-53(82)41(25-36-18-20-46(76)40(24-36)68-50(79)37-19-17-33(5)64-28-37)69-55(84)48(31(2)3)72-51(80)39(15-11-21-63-59(60)61)67-52(81)42(27-47(77)78)66-34(6)75/h8-10,13-14,17-20,24,28-32,39,41-45,48-49,76H,7,11-12,15-16,21-23,25-27H2,1-6H3,(H,62,65)(H,66,75)(H,67,81)(H,68,79)(H,69,84)(H,70,85)(H,71,83)(H,72,80)(H,73,82)(H,77,78)(H,87,88)(H4,60,61,63)/t32-,39-,41-,42-,43-,44-,45-,48-,49-/m0/s1/i5D3,6+1,34+1. The Labute approximate surface area is 512 Å². The SMILES string of the molecule is [2H]C([2H])([2H])c1ccc(C(=O)Nc2cc(C[C@H](NC(=O)[C@@H](NC(=O)[C@H](CCCN=C(N)N)NC(=O)[C@H](CC(=O)O)N[13C]([13CH3])=O)C(C)C)C(=O)N[C@H](C(=O)N[C@@H](Cc3cnc[nH]3)C(=O)N3CCC[C@H]3C(=O)N[C@@H](Cc3ccccc3)C(=O)O)[C@@H](C)CC)ccc2O)cn1. The molecule has 0 radical (unpaired) electrons. The second-order valence-corrected chi connectivity index (χ2v) is 21.6. The van der Waals surface area contributed by atoms with Crippen molar-refractivity contribution in [3.63, 3.8) is 0 Å². The van der Waals surface area contributed by atoms with Gasteiger partial charge >= 0.3 is 11.9 Å². The van der Waals surface area contributed by atoms with Crippen molar-refractivity contribution in [2.75, 3.05) is 18.4 Å². The first-order valence-electron chi connectivity index (χ1n) is 30.0. The maximum Gasteiger partial charge on any atom is 0.326 e. The van der Waals surface area contributed by atoms with Gasteiger partial charge in [-0.1, -0.05) is 70.5 Å². The second-order valence-electron chi connectivity index (χ2n) is 21.6. The van der Waals surface area contributed by atoms with Crippen LogP contribution in [0.15, 0.2) is 84.4 Å². The van der Waals surface area contributed by atoms with E-state index in [2.05, 4.69) is 62.5 Å². The van der Waals surface area contributed by atoms with Crippen LogP contribution in [-0.2, 0) is 67.2 Å². The fraction of sp³-hybridized carbons (Fsp3) is 0.458. The molecule has 1 aliphatic heterocycles. The molecule has 0 spiro atoms. The van der Waals surface area contributed by atoms with Gasteiger partial charge in [-0.15, -0.1) is 0 Å². The third-order valence-electron chi connectivity index (χ3n) is 14.4. The average Bonchev–Trinajstić information content (AvgIpc) is 1.94. The number of aryl methyl sites for hydroxylation is 1. The molecule has 16 N–H and O–H groups in total. The molecule has 2 aromatic carbocycles. The highest BCUT2D eigenvalue weighted by Gasteiger charge is 2.41. The van der Waals surface area contributed by atoms with Gasteiger partial charge in [0.1, 0.15) is 54.1 Å². The number of H-pyrrole nitrogens is 1. The van der Waals surface area contributed by atoms with Gasteiger partial charge in [-0.2, -0.15) is 0 Å². The lowest BCUT2D eigenvalue weighted by Crippen LogP contribution is -2.62. The van der Waals surface area contributed by atoms with Gasteiger partial charge < -0.3 is 79.2 Å². The Balaban J connectivity index is 1.48. The number of imidazole rings is 1. The number of aliphatic imine (C=N–C) groups is 1. The summed E-state index contributed by atoms with van der Waals surface area (Å²) in [5.74, 6) is -12.8. The topological polar surface area (TPSA) is 454 Å². The first kappa shape index (κ1) is 64.0. The van der Waals surface area contributed by atoms with Gasteiger partial charge in [0.25, 0.3) is 5.91 Å². The van der Waals surface area contributed by atoms with Crippen molar-refractivity contribution in [1.82, 2.24) is 57.1 Å². The van der Waals surface area contributed by atoms with Crippen LogP contribution in [0.1, 0.15) is 110 Å². The lowest BCUT2D eigenvalue weighted by molar-refractivity contribution is -0.145. The molecule has 88 heavy (non-hydrogen) atoms. The Hall–Kier alpha value is -9.96. The second kappa shape index (κ2) is 33.1. The first-order chi connectivity index (χ1) is 42.9. The molecule has 29 nitrogen and oxygen atoms in total. The van der Waals surface area contributed by atoms with E-state index in [1.54, 1.807) is 58.0 Å². The summed E-state index contributed by atoms with van der Waals surface area (Å²) in [5.41, 5.74) is 11.6. The van der Waals surface area contributed by atoms with Crippen LogP contribution >= 0.6 is 0 Å². The van der Waals surface area contributed by atoms with Crippen molar-refractivity contribution in [2.45, 2.75) is 148 Å². The number of phenols is 1. The Kier molecular flexibility index (Phi) is 24.1. The minimum absolute atomic E-state index is 0.0300. The van der Waals surface area contributed by atoms with Crippen LogP contribution in [0.4, 0.5) is 5.69 Å². The molecule has 9 amide bonds. The van der Waals surface area contributed by atoms with Crippen LogP contribution in [0.3, 0.4) is 0 Å². The number of aromatic hydroxyl groups is 1. The zero-order valence-corrected chi connectivity index (χ0v) is 49.3. The number of aromatic nitrogens is 3. The Bertz CT molecular complexity index is 3240. The van der Waals surface area contributed by atoms with Crippen LogP contribution < -0.4 is 54.0 Å². The largest absolute Gasteiger partial charge is 0.506 e. The van der Waals surface area contributed by atoms with Gasteiger partial charge in [-0.3, -0.25) is 57.9 Å². The number of carbonyl (C=O) groups is 11. The number of nitrogens with zero attached hydrogens (tertiary/aromatic N) is 4. The molecule has 0 unspecified atom stereocenters. The number of likely N-dealkylation sites (tertiary alicyclic amines) is 1. The van der Waals surface area contributed by atoms with Crippen molar-refractivity contribution in [1.29, 1.82) is 0 Å². The number of carboxylic acids is 2. The number of aliphatic carboxylic acids is 2. The van der Waals surface area contributed by atoms with Crippen molar-refractivity contribution >= 4 is 76.8 Å². The van der Waals surface area contributed by atoms with Crippen molar-refractivity contribution in [3.05, 3.63) is 107 Å². The minimum atomic E-state index is -2.57. The predicted octanol–water partition coefficient (Wildman–Crippen LogP) is -0.182. The van der Waals surface area contributed by atoms with E-state index in [0.717, 1.165) is 19.2 Å². The van der Waals surface area contributed by atoms with Gasteiger partial charge in [0.2, 0.25) is 47.3 Å². The molecule has 1 fully saturated rings. The number of carboxylic acid groups (broad SMARTS) is 2. The smallest absolute Gasteiger partial charge is 0.326 e. The normalized spacial score (nSPS) is 16.1.